The SMILES string of the molecule is O=P([O-])([O-])OOP(=O)([O-])[O-].[Ca+2].[Ca+2]. The van der Waals surface area contributed by atoms with E-state index < -0.39 is 15.6 Å². The number of rotatable bonds is 3. The quantitative estimate of drug-likeness (QED) is 0.217. The molecule has 0 aromatic heterocycles. The summed E-state index contributed by atoms with van der Waals surface area (Å²) in [7, 11) is -11.1. The van der Waals surface area contributed by atoms with E-state index in [1.807, 2.05) is 0 Å². The molecule has 62 valence electrons. The molecule has 0 fully saturated rings. The summed E-state index contributed by atoms with van der Waals surface area (Å²) in [4.78, 5) is 37.6. The molecule has 0 saturated heterocycles. The van der Waals surface area contributed by atoms with Crippen molar-refractivity contribution in [2.45, 2.75) is 0 Å². The maximum Gasteiger partial charge on any atom is 2.00 e. The smallest absolute Gasteiger partial charge is 0.788 e. The van der Waals surface area contributed by atoms with Crippen LogP contribution in [0.15, 0.2) is 0 Å². The van der Waals surface area contributed by atoms with E-state index in [4.69, 9.17) is 0 Å². The van der Waals surface area contributed by atoms with Gasteiger partial charge in [-0.2, -0.15) is 0 Å². The zero-order valence-electron chi connectivity index (χ0n) is 5.57. The van der Waals surface area contributed by atoms with E-state index in [-0.39, 0.29) is 75.5 Å². The van der Waals surface area contributed by atoms with Gasteiger partial charge in [-0.3, -0.25) is 0 Å². The Hall–Kier alpha value is 2.74. The van der Waals surface area contributed by atoms with Gasteiger partial charge in [0.1, 0.15) is 15.6 Å². The van der Waals surface area contributed by atoms with Gasteiger partial charge in [-0.15, -0.1) is 0 Å². The Balaban J connectivity index is -0.000000405. The molecule has 0 aromatic rings. The summed E-state index contributed by atoms with van der Waals surface area (Å²) >= 11 is 0. The molecule has 0 heterocycles. The van der Waals surface area contributed by atoms with Crippen LogP contribution < -0.4 is 19.6 Å². The van der Waals surface area contributed by atoms with Gasteiger partial charge in [-0.25, -0.2) is 9.35 Å². The second kappa shape index (κ2) is 7.96. The van der Waals surface area contributed by atoms with E-state index in [1.54, 1.807) is 0 Å². The summed E-state index contributed by atoms with van der Waals surface area (Å²) in [5.41, 5.74) is 0. The van der Waals surface area contributed by atoms with Crippen LogP contribution in [0.5, 0.6) is 0 Å². The minimum Gasteiger partial charge on any atom is -0.788 e. The molecule has 12 heteroatoms. The molecule has 0 amide bonds. The Morgan fingerprint density at radius 1 is 0.750 bits per heavy atom. The number of hydrogen-bond donors (Lipinski definition) is 0. The normalized spacial score (nSPS) is 11.3. The molecule has 0 N–H and O–H groups in total. The molecule has 0 saturated carbocycles. The maximum atomic E-state index is 9.40. The van der Waals surface area contributed by atoms with Gasteiger partial charge in [0, 0.05) is 0 Å². The summed E-state index contributed by atoms with van der Waals surface area (Å²) in [6.45, 7) is 0. The fourth-order valence-corrected chi connectivity index (χ4v) is 0.735. The molecule has 0 spiro atoms. The second-order valence-electron chi connectivity index (χ2n) is 1.04. The summed E-state index contributed by atoms with van der Waals surface area (Å²) in [6, 6.07) is 0. The third kappa shape index (κ3) is 18.5. The average Bonchev–Trinajstić information content (AvgIpc) is 1.57. The standard InChI is InChI=1S/2Ca.H4O8P2/c;;1-9(2,3)7-8-10(4,5)6/h;;(H2,1,2,3)(H2,4,5,6)/q2*+2;/p-4. The van der Waals surface area contributed by atoms with Gasteiger partial charge in [0.2, 0.25) is 0 Å². The Morgan fingerprint density at radius 2 is 0.917 bits per heavy atom. The van der Waals surface area contributed by atoms with E-state index >= 15 is 0 Å². The molecule has 0 aliphatic rings. The van der Waals surface area contributed by atoms with E-state index in [9.17, 15) is 28.7 Å². The summed E-state index contributed by atoms with van der Waals surface area (Å²) in [5.74, 6) is 0. The maximum absolute atomic E-state index is 9.40. The van der Waals surface area contributed by atoms with E-state index in [1.165, 1.54) is 0 Å². The third-order valence-electron chi connectivity index (χ3n) is 0.216. The molecule has 0 aliphatic heterocycles. The van der Waals surface area contributed by atoms with Crippen LogP contribution in [0.3, 0.4) is 0 Å². The Bertz CT molecular complexity index is 165. The predicted octanol–water partition coefficient (Wildman–Crippen LogP) is -4.17. The number of phosphoric acid groups is 2. The van der Waals surface area contributed by atoms with Crippen molar-refractivity contribution < 1.29 is 38.1 Å². The number of hydrogen-bond acceptors (Lipinski definition) is 8. The molecule has 0 aromatic carbocycles. The molecule has 12 heavy (non-hydrogen) atoms. The minimum atomic E-state index is -5.56. The first-order valence-corrected chi connectivity index (χ1v) is 4.55. The largest absolute Gasteiger partial charge is 2.00 e. The Morgan fingerprint density at radius 3 is 1.00 bits per heavy atom. The van der Waals surface area contributed by atoms with E-state index in [2.05, 4.69) is 9.35 Å². The van der Waals surface area contributed by atoms with Crippen molar-refractivity contribution in [3.05, 3.63) is 0 Å². The van der Waals surface area contributed by atoms with Crippen molar-refractivity contribution >= 4 is 91.1 Å². The van der Waals surface area contributed by atoms with Gasteiger partial charge in [0.05, 0.1) is 0 Å². The summed E-state index contributed by atoms with van der Waals surface area (Å²) in [6.07, 6.45) is 0. The molecule has 0 unspecified atom stereocenters. The van der Waals surface area contributed by atoms with Crippen molar-refractivity contribution in [2.75, 3.05) is 0 Å². The van der Waals surface area contributed by atoms with Gasteiger partial charge in [0.15, 0.2) is 0 Å². The average molecular weight is 270 g/mol. The van der Waals surface area contributed by atoms with E-state index in [0.717, 1.165) is 0 Å². The van der Waals surface area contributed by atoms with Crippen LogP contribution in [-0.2, 0) is 18.5 Å². The van der Waals surface area contributed by atoms with Crippen molar-refractivity contribution in [3.63, 3.8) is 0 Å². The van der Waals surface area contributed by atoms with Crippen molar-refractivity contribution in [2.24, 2.45) is 0 Å². The molecular formula is Ca2O8P2. The van der Waals surface area contributed by atoms with Gasteiger partial charge in [0.25, 0.3) is 0 Å². The summed E-state index contributed by atoms with van der Waals surface area (Å²) < 4.78 is 24.1. The first kappa shape index (κ1) is 20.2. The first-order valence-electron chi connectivity index (χ1n) is 1.63. The van der Waals surface area contributed by atoms with Crippen LogP contribution in [-0.4, -0.2) is 75.5 Å². The van der Waals surface area contributed by atoms with Gasteiger partial charge in [-0.05, 0) is 0 Å². The molecule has 0 radical (unpaired) electrons. The fourth-order valence-electron chi connectivity index (χ4n) is 0.0816. The molecule has 0 aliphatic carbocycles. The monoisotopic (exact) mass is 270 g/mol. The molecule has 0 bridgehead atoms. The van der Waals surface area contributed by atoms with Crippen LogP contribution in [0.1, 0.15) is 0 Å². The minimum absolute atomic E-state index is 0. The molecular weight excluding hydrogens is 270 g/mol. The van der Waals surface area contributed by atoms with Crippen molar-refractivity contribution in [1.29, 1.82) is 0 Å². The van der Waals surface area contributed by atoms with Gasteiger partial charge in [-0.1, -0.05) is 0 Å². The van der Waals surface area contributed by atoms with Crippen LogP contribution >= 0.6 is 15.6 Å². The molecule has 0 atom stereocenters. The summed E-state index contributed by atoms with van der Waals surface area (Å²) in [5, 5.41) is 0. The van der Waals surface area contributed by atoms with Crippen LogP contribution in [0, 0.1) is 0 Å². The van der Waals surface area contributed by atoms with Crippen molar-refractivity contribution in [3.8, 4) is 0 Å². The topological polar surface area (TPSA) is 145 Å². The second-order valence-corrected chi connectivity index (χ2v) is 3.13. The molecule has 8 nitrogen and oxygen atoms in total. The Labute approximate surface area is 127 Å². The fraction of sp³-hybridized carbons (Fsp3) is 0. The van der Waals surface area contributed by atoms with Crippen LogP contribution in [0.2, 0.25) is 0 Å². The molecule has 0 rings (SSSR count). The van der Waals surface area contributed by atoms with Crippen LogP contribution in [0.4, 0.5) is 0 Å². The zero-order valence-corrected chi connectivity index (χ0v) is 11.8. The zero-order chi connectivity index (χ0) is 8.41. The third-order valence-corrected chi connectivity index (χ3v) is 0.848. The van der Waals surface area contributed by atoms with Gasteiger partial charge >= 0.3 is 75.5 Å². The van der Waals surface area contributed by atoms with Gasteiger partial charge < -0.3 is 28.7 Å². The first-order chi connectivity index (χ1) is 4.21. The predicted molar refractivity (Wildman–Crippen MR) is 28.9 cm³/mol. The van der Waals surface area contributed by atoms with E-state index in [0.29, 0.717) is 0 Å². The Kier molecular flexibility index (Phi) is 13.4. The van der Waals surface area contributed by atoms with Crippen molar-refractivity contribution in [1.82, 2.24) is 0 Å². The van der Waals surface area contributed by atoms with Crippen LogP contribution in [0.25, 0.3) is 0 Å².